The Morgan fingerprint density at radius 2 is 1.00 bits per heavy atom. The van der Waals surface area contributed by atoms with Gasteiger partial charge >= 0.3 is 0 Å². The SMILES string of the molecule is c1cc(OCC2CO2)c(CC2CO2)cc1-c1ccc(OC[C@@H]2CO2)c(CC2CO2)c1. The minimum absolute atomic E-state index is 0.246. The lowest BCUT2D eigenvalue weighted by Gasteiger charge is -2.15. The lowest BCUT2D eigenvalue weighted by Crippen LogP contribution is -2.08. The van der Waals surface area contributed by atoms with Gasteiger partial charge in [-0.15, -0.1) is 0 Å². The Kier molecular flexibility index (Phi) is 4.88. The van der Waals surface area contributed by atoms with Crippen molar-refractivity contribution >= 4 is 0 Å². The zero-order chi connectivity index (χ0) is 19.9. The average Bonchev–Trinajstić information content (AvgIpc) is 3.59. The standard InChI is InChI=1S/C24H26O6/c1-3-23(29-13-21-11-27-21)17(7-19-9-25-19)5-15(1)16-2-4-24(30-14-22-12-28-22)18(6-16)8-20-10-26-20/h1-6,19-22H,7-14H2/t19?,20?,21-,22?/m0/s1. The molecule has 6 rings (SSSR count). The van der Waals surface area contributed by atoms with E-state index in [1.54, 1.807) is 0 Å². The molecular weight excluding hydrogens is 384 g/mol. The highest BCUT2D eigenvalue weighted by molar-refractivity contribution is 5.68. The molecule has 0 spiro atoms. The summed E-state index contributed by atoms with van der Waals surface area (Å²) in [5.41, 5.74) is 4.73. The van der Waals surface area contributed by atoms with Gasteiger partial charge in [-0.25, -0.2) is 0 Å². The monoisotopic (exact) mass is 410 g/mol. The summed E-state index contributed by atoms with van der Waals surface area (Å²) in [6.45, 7) is 4.48. The Labute approximate surface area is 176 Å². The van der Waals surface area contributed by atoms with Crippen LogP contribution in [0.1, 0.15) is 11.1 Å². The van der Waals surface area contributed by atoms with E-state index in [4.69, 9.17) is 28.4 Å². The van der Waals surface area contributed by atoms with Crippen LogP contribution in [0, 0.1) is 0 Å². The second kappa shape index (κ2) is 7.85. The van der Waals surface area contributed by atoms with Crippen LogP contribution in [0.15, 0.2) is 36.4 Å². The topological polar surface area (TPSA) is 68.6 Å². The number of rotatable bonds is 11. The molecule has 0 saturated carbocycles. The first-order valence-electron chi connectivity index (χ1n) is 10.8. The maximum Gasteiger partial charge on any atom is 0.122 e. The fraction of sp³-hybridized carbons (Fsp3) is 0.500. The lowest BCUT2D eigenvalue weighted by atomic mass is 9.97. The molecule has 0 amide bonds. The molecular formula is C24H26O6. The van der Waals surface area contributed by atoms with E-state index in [9.17, 15) is 0 Å². The number of hydrogen-bond acceptors (Lipinski definition) is 6. The molecule has 2 aromatic rings. The van der Waals surface area contributed by atoms with Crippen molar-refractivity contribution in [2.75, 3.05) is 39.6 Å². The molecule has 0 radical (unpaired) electrons. The molecule has 2 aromatic carbocycles. The van der Waals surface area contributed by atoms with Gasteiger partial charge < -0.3 is 28.4 Å². The van der Waals surface area contributed by atoms with Crippen LogP contribution >= 0.6 is 0 Å². The van der Waals surface area contributed by atoms with Crippen LogP contribution in [0.25, 0.3) is 11.1 Å². The Morgan fingerprint density at radius 3 is 1.37 bits per heavy atom. The van der Waals surface area contributed by atoms with Crippen LogP contribution < -0.4 is 9.47 Å². The third-order valence-corrected chi connectivity index (χ3v) is 5.81. The number of benzene rings is 2. The normalized spacial score (nSPS) is 28.1. The zero-order valence-electron chi connectivity index (χ0n) is 16.9. The van der Waals surface area contributed by atoms with Crippen molar-refractivity contribution in [2.45, 2.75) is 37.3 Å². The highest BCUT2D eigenvalue weighted by Gasteiger charge is 2.28. The van der Waals surface area contributed by atoms with E-state index in [1.807, 2.05) is 0 Å². The molecule has 4 heterocycles. The largest absolute Gasteiger partial charge is 0.491 e. The second-order valence-corrected chi connectivity index (χ2v) is 8.50. The van der Waals surface area contributed by atoms with Crippen molar-refractivity contribution in [3.05, 3.63) is 47.5 Å². The summed E-state index contributed by atoms with van der Waals surface area (Å²) in [5, 5.41) is 0. The molecule has 158 valence electrons. The van der Waals surface area contributed by atoms with Crippen LogP contribution in [-0.2, 0) is 31.8 Å². The van der Waals surface area contributed by atoms with Gasteiger partial charge in [-0.3, -0.25) is 0 Å². The molecule has 6 heteroatoms. The average molecular weight is 410 g/mol. The maximum absolute atomic E-state index is 6.02. The number of hydrogen-bond donors (Lipinski definition) is 0. The molecule has 0 bridgehead atoms. The van der Waals surface area contributed by atoms with Gasteiger partial charge in [0.25, 0.3) is 0 Å². The molecule has 6 nitrogen and oxygen atoms in total. The second-order valence-electron chi connectivity index (χ2n) is 8.50. The molecule has 0 aliphatic carbocycles. The summed E-state index contributed by atoms with van der Waals surface area (Å²) in [7, 11) is 0. The summed E-state index contributed by atoms with van der Waals surface area (Å²) in [4.78, 5) is 0. The fourth-order valence-corrected chi connectivity index (χ4v) is 3.68. The Hall–Kier alpha value is -2.12. The molecule has 0 N–H and O–H groups in total. The van der Waals surface area contributed by atoms with Crippen molar-refractivity contribution < 1.29 is 28.4 Å². The maximum atomic E-state index is 6.02. The van der Waals surface area contributed by atoms with Crippen LogP contribution in [0.5, 0.6) is 11.5 Å². The van der Waals surface area contributed by atoms with E-state index in [0.717, 1.165) is 50.8 Å². The minimum atomic E-state index is 0.246. The van der Waals surface area contributed by atoms with Gasteiger partial charge in [-0.1, -0.05) is 12.1 Å². The first-order chi connectivity index (χ1) is 14.8. The number of ether oxygens (including phenoxy) is 6. The van der Waals surface area contributed by atoms with E-state index in [-0.39, 0.29) is 12.2 Å². The van der Waals surface area contributed by atoms with Gasteiger partial charge in [0.15, 0.2) is 0 Å². The first kappa shape index (κ1) is 18.6. The van der Waals surface area contributed by atoms with Crippen molar-refractivity contribution in [2.24, 2.45) is 0 Å². The highest BCUT2D eigenvalue weighted by atomic mass is 16.6. The van der Waals surface area contributed by atoms with E-state index in [2.05, 4.69) is 36.4 Å². The van der Waals surface area contributed by atoms with Crippen LogP contribution in [0.4, 0.5) is 0 Å². The smallest absolute Gasteiger partial charge is 0.122 e. The molecule has 0 aromatic heterocycles. The Morgan fingerprint density at radius 1 is 0.600 bits per heavy atom. The zero-order valence-corrected chi connectivity index (χ0v) is 16.9. The first-order valence-corrected chi connectivity index (χ1v) is 10.8. The quantitative estimate of drug-likeness (QED) is 0.531. The van der Waals surface area contributed by atoms with E-state index < -0.39 is 0 Å². The summed E-state index contributed by atoms with van der Waals surface area (Å²) >= 11 is 0. The highest BCUT2D eigenvalue weighted by Crippen LogP contribution is 2.34. The number of epoxide rings is 4. The van der Waals surface area contributed by atoms with E-state index in [0.29, 0.717) is 25.4 Å². The van der Waals surface area contributed by atoms with Crippen molar-refractivity contribution in [3.63, 3.8) is 0 Å². The molecule has 4 aliphatic heterocycles. The Bertz CT molecular complexity index is 836. The van der Waals surface area contributed by atoms with Crippen molar-refractivity contribution in [1.82, 2.24) is 0 Å². The molecule has 4 atom stereocenters. The predicted octanol–water partition coefficient (Wildman–Crippen LogP) is 2.79. The van der Waals surface area contributed by atoms with Crippen molar-refractivity contribution in [3.8, 4) is 22.6 Å². The third kappa shape index (κ3) is 4.78. The van der Waals surface area contributed by atoms with Crippen LogP contribution in [0.3, 0.4) is 0 Å². The molecule has 4 fully saturated rings. The van der Waals surface area contributed by atoms with Gasteiger partial charge in [0.05, 0.1) is 38.6 Å². The van der Waals surface area contributed by atoms with Gasteiger partial charge in [-0.05, 0) is 46.5 Å². The molecule has 30 heavy (non-hydrogen) atoms. The van der Waals surface area contributed by atoms with Gasteiger partial charge in [0.1, 0.15) is 36.9 Å². The molecule has 4 saturated heterocycles. The molecule has 3 unspecified atom stereocenters. The summed E-state index contributed by atoms with van der Waals surface area (Å²) in [5.74, 6) is 1.86. The fourth-order valence-electron chi connectivity index (χ4n) is 3.68. The van der Waals surface area contributed by atoms with Gasteiger partial charge in [-0.2, -0.15) is 0 Å². The summed E-state index contributed by atoms with van der Waals surface area (Å²) in [6.07, 6.45) is 2.86. The summed E-state index contributed by atoms with van der Waals surface area (Å²) in [6, 6.07) is 12.9. The van der Waals surface area contributed by atoms with Gasteiger partial charge in [0, 0.05) is 12.8 Å². The van der Waals surface area contributed by atoms with Gasteiger partial charge in [0.2, 0.25) is 0 Å². The van der Waals surface area contributed by atoms with Crippen molar-refractivity contribution in [1.29, 1.82) is 0 Å². The lowest BCUT2D eigenvalue weighted by molar-refractivity contribution is 0.260. The minimum Gasteiger partial charge on any atom is -0.491 e. The third-order valence-electron chi connectivity index (χ3n) is 5.81. The van der Waals surface area contributed by atoms with E-state index in [1.165, 1.54) is 22.3 Å². The van der Waals surface area contributed by atoms with Crippen LogP contribution in [-0.4, -0.2) is 64.1 Å². The predicted molar refractivity (Wildman–Crippen MR) is 109 cm³/mol. The summed E-state index contributed by atoms with van der Waals surface area (Å²) < 4.78 is 33.5. The Balaban J connectivity index is 1.25. The molecule has 4 aliphatic rings. The van der Waals surface area contributed by atoms with Crippen LogP contribution in [0.2, 0.25) is 0 Å². The van der Waals surface area contributed by atoms with E-state index >= 15 is 0 Å².